The number of methoxy groups -OCH3 is 1. The van der Waals surface area contributed by atoms with Crippen molar-refractivity contribution in [3.63, 3.8) is 0 Å². The lowest BCUT2D eigenvalue weighted by Gasteiger charge is -2.52. The Morgan fingerprint density at radius 1 is 1.25 bits per heavy atom. The molecule has 1 atom stereocenters. The van der Waals surface area contributed by atoms with E-state index in [2.05, 4.69) is 5.32 Å². The first-order valence-corrected chi connectivity index (χ1v) is 10.1. The van der Waals surface area contributed by atoms with Crippen LogP contribution in [0.4, 0.5) is 4.79 Å². The number of carbonyl (C=O) groups excluding carboxylic acids is 3. The van der Waals surface area contributed by atoms with Gasteiger partial charge in [-0.2, -0.15) is 0 Å². The molecule has 1 aliphatic heterocycles. The number of rotatable bonds is 5. The Kier molecular flexibility index (Phi) is 6.96. The van der Waals surface area contributed by atoms with E-state index in [1.54, 1.807) is 39.8 Å². The van der Waals surface area contributed by atoms with E-state index in [1.807, 2.05) is 6.92 Å². The summed E-state index contributed by atoms with van der Waals surface area (Å²) >= 11 is 0. The monoisotopic (exact) mass is 397 g/mol. The molecule has 2 fully saturated rings. The largest absolute Gasteiger partial charge is 0.444 e. The van der Waals surface area contributed by atoms with E-state index in [0.717, 1.165) is 12.8 Å². The maximum atomic E-state index is 13.5. The van der Waals surface area contributed by atoms with Crippen molar-refractivity contribution in [3.8, 4) is 0 Å². The van der Waals surface area contributed by atoms with Crippen LogP contribution in [-0.4, -0.2) is 78.2 Å². The predicted octanol–water partition coefficient (Wildman–Crippen LogP) is 1.92. The van der Waals surface area contributed by atoms with Gasteiger partial charge in [0.25, 0.3) is 0 Å². The van der Waals surface area contributed by atoms with Gasteiger partial charge < -0.3 is 19.7 Å². The first-order chi connectivity index (χ1) is 13.0. The summed E-state index contributed by atoms with van der Waals surface area (Å²) in [4.78, 5) is 41.1. The van der Waals surface area contributed by atoms with Crippen LogP contribution in [0.5, 0.6) is 0 Å². The molecule has 0 aromatic heterocycles. The fourth-order valence-electron chi connectivity index (χ4n) is 3.86. The highest BCUT2D eigenvalue weighted by Gasteiger charge is 2.57. The topological polar surface area (TPSA) is 88.2 Å². The van der Waals surface area contributed by atoms with Crippen LogP contribution in [0.3, 0.4) is 0 Å². The standard InChI is InChI=1S/C20H35N3O5/c1-7-16(24)21-14-9-8-10-23(13-14)17(25)20(11-15(12-20)27-6)22(5)18(26)28-19(2,3)4/h14-15H,7-13H2,1-6H3,(H,21,24). The average molecular weight is 398 g/mol. The van der Waals surface area contributed by atoms with Gasteiger partial charge in [0.05, 0.1) is 6.10 Å². The van der Waals surface area contributed by atoms with Crippen LogP contribution in [-0.2, 0) is 19.1 Å². The number of nitrogens with one attached hydrogen (secondary N) is 1. The quantitative estimate of drug-likeness (QED) is 0.766. The van der Waals surface area contributed by atoms with Crippen LogP contribution < -0.4 is 5.32 Å². The third-order valence-electron chi connectivity index (χ3n) is 5.57. The van der Waals surface area contributed by atoms with Crippen molar-refractivity contribution < 1.29 is 23.9 Å². The molecule has 0 bridgehead atoms. The zero-order valence-corrected chi connectivity index (χ0v) is 18.0. The van der Waals surface area contributed by atoms with Gasteiger partial charge in [0.1, 0.15) is 11.1 Å². The number of carbonyl (C=O) groups is 3. The highest BCUT2D eigenvalue weighted by Crippen LogP contribution is 2.41. The lowest BCUT2D eigenvalue weighted by Crippen LogP contribution is -2.69. The first kappa shape index (κ1) is 22.5. The van der Waals surface area contributed by atoms with Gasteiger partial charge in [-0.1, -0.05) is 6.92 Å². The molecule has 3 amide bonds. The fourth-order valence-corrected chi connectivity index (χ4v) is 3.86. The minimum atomic E-state index is -0.959. The van der Waals surface area contributed by atoms with Crippen molar-refractivity contribution in [2.45, 2.75) is 83.1 Å². The van der Waals surface area contributed by atoms with Gasteiger partial charge in [0.2, 0.25) is 11.8 Å². The molecule has 2 aliphatic rings. The van der Waals surface area contributed by atoms with Gasteiger partial charge >= 0.3 is 6.09 Å². The molecular formula is C20H35N3O5. The Morgan fingerprint density at radius 2 is 1.89 bits per heavy atom. The number of likely N-dealkylation sites (tertiary alicyclic amines) is 1. The summed E-state index contributed by atoms with van der Waals surface area (Å²) < 4.78 is 10.9. The molecule has 1 saturated heterocycles. The van der Waals surface area contributed by atoms with Gasteiger partial charge in [0, 0.05) is 52.6 Å². The minimum absolute atomic E-state index is 0.0111. The first-order valence-electron chi connectivity index (χ1n) is 10.1. The van der Waals surface area contributed by atoms with Crippen molar-refractivity contribution in [2.24, 2.45) is 0 Å². The number of likely N-dealkylation sites (N-methyl/N-ethyl adjacent to an activating group) is 1. The van der Waals surface area contributed by atoms with E-state index < -0.39 is 17.2 Å². The lowest BCUT2D eigenvalue weighted by atomic mass is 9.71. The third kappa shape index (κ3) is 4.96. The summed E-state index contributed by atoms with van der Waals surface area (Å²) in [7, 11) is 3.24. The molecule has 8 heteroatoms. The molecule has 1 N–H and O–H groups in total. The maximum absolute atomic E-state index is 13.5. The molecule has 1 aliphatic carbocycles. The van der Waals surface area contributed by atoms with Gasteiger partial charge in [0.15, 0.2) is 0 Å². The van der Waals surface area contributed by atoms with Crippen LogP contribution in [0.1, 0.15) is 59.8 Å². The predicted molar refractivity (Wildman–Crippen MR) is 105 cm³/mol. The van der Waals surface area contributed by atoms with Gasteiger partial charge in [-0.15, -0.1) is 0 Å². The van der Waals surface area contributed by atoms with Crippen LogP contribution in [0.15, 0.2) is 0 Å². The van der Waals surface area contributed by atoms with Crippen molar-refractivity contribution in [1.82, 2.24) is 15.1 Å². The smallest absolute Gasteiger partial charge is 0.410 e. The Balaban J connectivity index is 2.14. The number of ether oxygens (including phenoxy) is 2. The van der Waals surface area contributed by atoms with E-state index in [1.165, 1.54) is 4.90 Å². The number of hydrogen-bond acceptors (Lipinski definition) is 5. The van der Waals surface area contributed by atoms with Gasteiger partial charge in [-0.05, 0) is 33.6 Å². The van der Waals surface area contributed by atoms with Crippen LogP contribution in [0, 0.1) is 0 Å². The minimum Gasteiger partial charge on any atom is -0.444 e. The molecule has 1 unspecified atom stereocenters. The third-order valence-corrected chi connectivity index (χ3v) is 5.57. The van der Waals surface area contributed by atoms with Crippen molar-refractivity contribution in [2.75, 3.05) is 27.2 Å². The van der Waals surface area contributed by atoms with Crippen molar-refractivity contribution >= 4 is 17.9 Å². The van der Waals surface area contributed by atoms with E-state index in [0.29, 0.717) is 32.4 Å². The molecule has 0 aromatic carbocycles. The molecule has 160 valence electrons. The summed E-state index contributed by atoms with van der Waals surface area (Å²) in [5.74, 6) is -0.104. The van der Waals surface area contributed by atoms with E-state index in [-0.39, 0.29) is 24.0 Å². The highest BCUT2D eigenvalue weighted by atomic mass is 16.6. The molecule has 0 aromatic rings. The van der Waals surface area contributed by atoms with Gasteiger partial charge in [-0.25, -0.2) is 4.79 Å². The normalized spacial score (nSPS) is 27.6. The Hall–Kier alpha value is -1.83. The van der Waals surface area contributed by atoms with Crippen molar-refractivity contribution in [3.05, 3.63) is 0 Å². The maximum Gasteiger partial charge on any atom is 0.410 e. The zero-order valence-electron chi connectivity index (χ0n) is 18.0. The van der Waals surface area contributed by atoms with Gasteiger partial charge in [-0.3, -0.25) is 14.5 Å². The van der Waals surface area contributed by atoms with E-state index in [4.69, 9.17) is 9.47 Å². The Bertz CT molecular complexity index is 595. The number of nitrogens with zero attached hydrogens (tertiary/aromatic N) is 2. The molecule has 2 rings (SSSR count). The number of piperidine rings is 1. The average Bonchev–Trinajstić information content (AvgIpc) is 2.59. The molecular weight excluding hydrogens is 362 g/mol. The molecule has 0 radical (unpaired) electrons. The SMILES string of the molecule is CCC(=O)NC1CCCN(C(=O)C2(N(C)C(=O)OC(C)(C)C)CC(OC)C2)C1. The Morgan fingerprint density at radius 3 is 2.43 bits per heavy atom. The molecule has 28 heavy (non-hydrogen) atoms. The number of amides is 3. The number of hydrogen-bond donors (Lipinski definition) is 1. The van der Waals surface area contributed by atoms with E-state index >= 15 is 0 Å². The highest BCUT2D eigenvalue weighted by molar-refractivity contribution is 5.91. The summed E-state index contributed by atoms with van der Waals surface area (Å²) in [5.41, 5.74) is -1.60. The van der Waals surface area contributed by atoms with Crippen molar-refractivity contribution in [1.29, 1.82) is 0 Å². The summed E-state index contributed by atoms with van der Waals surface area (Å²) in [5, 5.41) is 2.98. The van der Waals surface area contributed by atoms with Crippen LogP contribution in [0.25, 0.3) is 0 Å². The summed E-state index contributed by atoms with van der Waals surface area (Å²) in [6.07, 6.45) is 2.41. The summed E-state index contributed by atoms with van der Waals surface area (Å²) in [6, 6.07) is -0.0488. The van der Waals surface area contributed by atoms with Crippen LogP contribution >= 0.6 is 0 Å². The second-order valence-electron chi connectivity index (χ2n) is 8.85. The molecule has 0 spiro atoms. The second kappa shape index (κ2) is 8.68. The molecule has 1 heterocycles. The fraction of sp³-hybridized carbons (Fsp3) is 0.850. The summed E-state index contributed by atoms with van der Waals surface area (Å²) in [6.45, 7) is 8.31. The zero-order chi connectivity index (χ0) is 21.1. The molecule has 8 nitrogen and oxygen atoms in total. The second-order valence-corrected chi connectivity index (χ2v) is 8.85. The Labute approximate surface area is 167 Å². The van der Waals surface area contributed by atoms with E-state index in [9.17, 15) is 14.4 Å². The lowest BCUT2D eigenvalue weighted by molar-refractivity contribution is -0.162. The molecule has 1 saturated carbocycles. The van der Waals surface area contributed by atoms with Crippen LogP contribution in [0.2, 0.25) is 0 Å².